The zero-order chi connectivity index (χ0) is 12.1. The zero-order valence-corrected chi connectivity index (χ0v) is 10.1. The van der Waals surface area contributed by atoms with Gasteiger partial charge in [-0.05, 0) is 0 Å². The Bertz CT molecular complexity index is 182. The van der Waals surface area contributed by atoms with Gasteiger partial charge in [0.2, 0.25) is 0 Å². The summed E-state index contributed by atoms with van der Waals surface area (Å²) in [6.07, 6.45) is -2.16. The maximum Gasteiger partial charge on any atom is 0.186 e. The Kier molecular flexibility index (Phi) is 5.60. The van der Waals surface area contributed by atoms with Crippen molar-refractivity contribution in [2.75, 3.05) is 35.0 Å². The van der Waals surface area contributed by atoms with E-state index in [0.29, 0.717) is 0 Å². The molecule has 0 aromatic rings. The molecule has 0 bridgehead atoms. The van der Waals surface area contributed by atoms with Crippen LogP contribution in [0.5, 0.6) is 0 Å². The lowest BCUT2D eigenvalue weighted by Gasteiger charge is -2.43. The molecule has 96 valence electrons. The van der Waals surface area contributed by atoms with Crippen molar-refractivity contribution < 1.29 is 28.8 Å². The van der Waals surface area contributed by atoms with Gasteiger partial charge in [0.1, 0.15) is 24.4 Å². The highest BCUT2D eigenvalue weighted by molar-refractivity contribution is 4.91. The average Bonchev–Trinajstić information content (AvgIpc) is 2.35. The fraction of sp³-hybridized carbons (Fsp3) is 1.00. The zero-order valence-electron chi connectivity index (χ0n) is 10.1. The van der Waals surface area contributed by atoms with Crippen LogP contribution >= 0.6 is 0 Å². The third-order valence-corrected chi connectivity index (χ3v) is 2.82. The van der Waals surface area contributed by atoms with E-state index in [2.05, 4.69) is 0 Å². The molecule has 6 heteroatoms. The lowest BCUT2D eigenvalue weighted by atomic mass is 9.98. The number of hydrogen-bond acceptors (Lipinski definition) is 6. The van der Waals surface area contributed by atoms with Crippen LogP contribution in [0.2, 0.25) is 0 Å². The highest BCUT2D eigenvalue weighted by Gasteiger charge is 2.46. The van der Waals surface area contributed by atoms with Gasteiger partial charge in [-0.3, -0.25) is 0 Å². The molecule has 1 fully saturated rings. The second-order valence-electron chi connectivity index (χ2n) is 3.56. The van der Waals surface area contributed by atoms with Gasteiger partial charge in [-0.15, -0.1) is 0 Å². The van der Waals surface area contributed by atoms with Gasteiger partial charge in [0, 0.05) is 28.4 Å². The van der Waals surface area contributed by atoms with Gasteiger partial charge in [0.25, 0.3) is 0 Å². The predicted octanol–water partition coefficient (Wildman–Crippen LogP) is -0.605. The highest BCUT2D eigenvalue weighted by Crippen LogP contribution is 2.27. The van der Waals surface area contributed by atoms with E-state index in [1.165, 1.54) is 7.11 Å². The van der Waals surface area contributed by atoms with Crippen LogP contribution in [-0.2, 0) is 23.7 Å². The van der Waals surface area contributed by atoms with E-state index in [4.69, 9.17) is 23.7 Å². The minimum absolute atomic E-state index is 0.158. The number of methoxy groups -OCH3 is 4. The van der Waals surface area contributed by atoms with Crippen LogP contribution in [0.15, 0.2) is 0 Å². The highest BCUT2D eigenvalue weighted by atomic mass is 16.7. The molecule has 1 aliphatic rings. The normalized spacial score (nSPS) is 39.9. The summed E-state index contributed by atoms with van der Waals surface area (Å²) in [5, 5.41) is 9.22. The maximum absolute atomic E-state index is 9.22. The largest absolute Gasteiger partial charge is 0.394 e. The molecular formula is C10H20O6. The summed E-state index contributed by atoms with van der Waals surface area (Å²) >= 11 is 0. The van der Waals surface area contributed by atoms with E-state index in [0.717, 1.165) is 0 Å². The van der Waals surface area contributed by atoms with Crippen LogP contribution in [0.25, 0.3) is 0 Å². The molecule has 1 rings (SSSR count). The van der Waals surface area contributed by atoms with Gasteiger partial charge < -0.3 is 28.8 Å². The first kappa shape index (κ1) is 13.8. The number of hydrogen-bond donors (Lipinski definition) is 1. The second-order valence-corrected chi connectivity index (χ2v) is 3.56. The van der Waals surface area contributed by atoms with E-state index >= 15 is 0 Å². The van der Waals surface area contributed by atoms with Gasteiger partial charge in [-0.25, -0.2) is 0 Å². The van der Waals surface area contributed by atoms with Crippen molar-refractivity contribution in [1.29, 1.82) is 0 Å². The van der Waals surface area contributed by atoms with E-state index in [9.17, 15) is 5.11 Å². The Labute approximate surface area is 95.4 Å². The summed E-state index contributed by atoms with van der Waals surface area (Å²) in [4.78, 5) is 0. The molecule has 1 heterocycles. The lowest BCUT2D eigenvalue weighted by Crippen LogP contribution is -2.60. The van der Waals surface area contributed by atoms with E-state index in [1.54, 1.807) is 21.3 Å². The van der Waals surface area contributed by atoms with E-state index in [1.807, 2.05) is 0 Å². The topological polar surface area (TPSA) is 66.4 Å². The molecule has 1 aliphatic heterocycles. The van der Waals surface area contributed by atoms with Crippen molar-refractivity contribution >= 4 is 0 Å². The molecule has 0 amide bonds. The maximum atomic E-state index is 9.22. The molecule has 0 saturated carbocycles. The van der Waals surface area contributed by atoms with Gasteiger partial charge in [-0.2, -0.15) is 0 Å². The Balaban J connectivity index is 2.85. The monoisotopic (exact) mass is 236 g/mol. The molecule has 1 N–H and O–H groups in total. The molecule has 6 nitrogen and oxygen atoms in total. The van der Waals surface area contributed by atoms with Crippen molar-refractivity contribution in [2.45, 2.75) is 30.7 Å². The van der Waals surface area contributed by atoms with E-state index in [-0.39, 0.29) is 24.9 Å². The molecule has 0 aromatic carbocycles. The lowest BCUT2D eigenvalue weighted by molar-refractivity contribution is -0.306. The number of ether oxygens (including phenoxy) is 5. The van der Waals surface area contributed by atoms with Gasteiger partial charge in [0.05, 0.1) is 6.61 Å². The molecule has 0 spiro atoms. The smallest absolute Gasteiger partial charge is 0.186 e. The summed E-state index contributed by atoms with van der Waals surface area (Å²) in [6.45, 7) is -0.158. The Hall–Kier alpha value is -0.240. The van der Waals surface area contributed by atoms with Crippen molar-refractivity contribution in [1.82, 2.24) is 0 Å². The summed E-state index contributed by atoms with van der Waals surface area (Å²) in [5.41, 5.74) is 0. The Morgan fingerprint density at radius 1 is 0.875 bits per heavy atom. The van der Waals surface area contributed by atoms with Crippen LogP contribution in [0.3, 0.4) is 0 Å². The predicted molar refractivity (Wildman–Crippen MR) is 55.1 cm³/mol. The molecule has 0 radical (unpaired) electrons. The summed E-state index contributed by atoms with van der Waals surface area (Å²) in [6, 6.07) is 0. The number of rotatable bonds is 5. The van der Waals surface area contributed by atoms with Crippen LogP contribution in [0, 0.1) is 0 Å². The van der Waals surface area contributed by atoms with Crippen LogP contribution < -0.4 is 0 Å². The minimum Gasteiger partial charge on any atom is -0.394 e. The average molecular weight is 236 g/mol. The van der Waals surface area contributed by atoms with Crippen LogP contribution in [0.4, 0.5) is 0 Å². The van der Waals surface area contributed by atoms with Crippen molar-refractivity contribution in [3.63, 3.8) is 0 Å². The summed E-state index contributed by atoms with van der Waals surface area (Å²) in [7, 11) is 6.18. The summed E-state index contributed by atoms with van der Waals surface area (Å²) in [5.74, 6) is 0. The van der Waals surface area contributed by atoms with Gasteiger partial charge in [-0.1, -0.05) is 0 Å². The van der Waals surface area contributed by atoms with Crippen molar-refractivity contribution in [3.8, 4) is 0 Å². The number of aliphatic hydroxyl groups is 1. The molecule has 1 saturated heterocycles. The van der Waals surface area contributed by atoms with Crippen LogP contribution in [0.1, 0.15) is 0 Å². The Morgan fingerprint density at radius 2 is 1.44 bits per heavy atom. The van der Waals surface area contributed by atoms with Gasteiger partial charge in [0.15, 0.2) is 6.29 Å². The van der Waals surface area contributed by atoms with Crippen molar-refractivity contribution in [3.05, 3.63) is 0 Å². The first-order chi connectivity index (χ1) is 7.73. The standard InChI is InChI=1S/C10H20O6/c1-12-7-6(5-11)16-10(15-4)9(14-3)8(7)13-2/h6-11H,5H2,1-4H3/t6-,7+,8+,9-,10-/m1/s1. The second kappa shape index (κ2) is 6.48. The van der Waals surface area contributed by atoms with Gasteiger partial charge >= 0.3 is 0 Å². The molecule has 0 unspecified atom stereocenters. The quantitative estimate of drug-likeness (QED) is 0.687. The molecule has 5 atom stereocenters. The van der Waals surface area contributed by atoms with E-state index < -0.39 is 12.4 Å². The fourth-order valence-corrected chi connectivity index (χ4v) is 2.02. The third-order valence-electron chi connectivity index (χ3n) is 2.82. The number of aliphatic hydroxyl groups excluding tert-OH is 1. The first-order valence-corrected chi connectivity index (χ1v) is 5.11. The molecule has 0 aliphatic carbocycles. The third kappa shape index (κ3) is 2.53. The fourth-order valence-electron chi connectivity index (χ4n) is 2.02. The summed E-state index contributed by atoms with van der Waals surface area (Å²) < 4.78 is 26.6. The van der Waals surface area contributed by atoms with Crippen LogP contribution in [-0.4, -0.2) is 70.9 Å². The molecule has 0 aromatic heterocycles. The molecular weight excluding hydrogens is 216 g/mol. The van der Waals surface area contributed by atoms with Crippen molar-refractivity contribution in [2.24, 2.45) is 0 Å². The SMILES string of the molecule is CO[C@@H]1O[C@H](CO)[C@H](OC)[C@H](OC)[C@H]1OC. The first-order valence-electron chi connectivity index (χ1n) is 5.11. The molecule has 16 heavy (non-hydrogen) atoms. The Morgan fingerprint density at radius 3 is 1.81 bits per heavy atom. The minimum atomic E-state index is -0.571.